The third kappa shape index (κ3) is 2.99. The Morgan fingerprint density at radius 1 is 1.31 bits per heavy atom. The molecule has 2 amide bonds. The zero-order chi connectivity index (χ0) is 18.1. The van der Waals surface area contributed by atoms with E-state index < -0.39 is 0 Å². The molecule has 0 N–H and O–H groups in total. The topological polar surface area (TPSA) is 69.9 Å². The van der Waals surface area contributed by atoms with E-state index in [0.717, 1.165) is 31.0 Å². The first-order chi connectivity index (χ1) is 12.6. The highest BCUT2D eigenvalue weighted by molar-refractivity contribution is 5.98. The molecule has 7 heteroatoms. The van der Waals surface area contributed by atoms with Crippen LogP contribution in [0, 0.1) is 0 Å². The Bertz CT molecular complexity index is 792. The van der Waals surface area contributed by atoms with Crippen molar-refractivity contribution in [1.82, 2.24) is 14.8 Å². The molecule has 26 heavy (non-hydrogen) atoms. The van der Waals surface area contributed by atoms with Crippen molar-refractivity contribution >= 4 is 17.5 Å². The fourth-order valence-electron chi connectivity index (χ4n) is 4.10. The van der Waals surface area contributed by atoms with E-state index in [0.29, 0.717) is 13.1 Å². The van der Waals surface area contributed by atoms with Crippen molar-refractivity contribution in [3.63, 3.8) is 0 Å². The number of amides is 2. The van der Waals surface area contributed by atoms with Gasteiger partial charge in [-0.3, -0.25) is 19.5 Å². The molecule has 0 aromatic carbocycles. The first-order valence-corrected chi connectivity index (χ1v) is 8.81. The first-order valence-electron chi connectivity index (χ1n) is 8.81. The summed E-state index contributed by atoms with van der Waals surface area (Å²) in [4.78, 5) is 34.9. The molecule has 2 fully saturated rings. The SMILES string of the molecule is CC(=O)N1CC(=O)N(c2cccnc2)CC12CCN(Cc1ccco1)C2. The maximum Gasteiger partial charge on any atom is 0.246 e. The van der Waals surface area contributed by atoms with E-state index in [-0.39, 0.29) is 23.9 Å². The minimum Gasteiger partial charge on any atom is -0.468 e. The van der Waals surface area contributed by atoms with Gasteiger partial charge in [-0.2, -0.15) is 0 Å². The molecule has 0 aliphatic carbocycles. The molecule has 2 aromatic heterocycles. The Morgan fingerprint density at radius 2 is 2.19 bits per heavy atom. The standard InChI is InChI=1S/C19H22N4O3/c1-15(24)23-12-18(25)22(16-4-2-7-20-10-16)14-19(23)6-8-21(13-19)11-17-5-3-9-26-17/h2-5,7,9-10H,6,8,11-14H2,1H3. The van der Waals surface area contributed by atoms with E-state index in [9.17, 15) is 9.59 Å². The monoisotopic (exact) mass is 354 g/mol. The van der Waals surface area contributed by atoms with Gasteiger partial charge in [-0.1, -0.05) is 0 Å². The molecule has 4 heterocycles. The van der Waals surface area contributed by atoms with Crippen molar-refractivity contribution < 1.29 is 14.0 Å². The highest BCUT2D eigenvalue weighted by Crippen LogP contribution is 2.35. The molecule has 1 unspecified atom stereocenters. The van der Waals surface area contributed by atoms with Gasteiger partial charge in [0.05, 0.1) is 36.8 Å². The van der Waals surface area contributed by atoms with Gasteiger partial charge in [-0.05, 0) is 30.7 Å². The van der Waals surface area contributed by atoms with Crippen LogP contribution in [0.15, 0.2) is 47.3 Å². The van der Waals surface area contributed by atoms with Crippen LogP contribution in [0.2, 0.25) is 0 Å². The zero-order valence-electron chi connectivity index (χ0n) is 14.8. The molecule has 7 nitrogen and oxygen atoms in total. The van der Waals surface area contributed by atoms with Crippen LogP contribution in [0.1, 0.15) is 19.1 Å². The second-order valence-corrected chi connectivity index (χ2v) is 7.06. The fraction of sp³-hybridized carbons (Fsp3) is 0.421. The summed E-state index contributed by atoms with van der Waals surface area (Å²) >= 11 is 0. The largest absolute Gasteiger partial charge is 0.468 e. The lowest BCUT2D eigenvalue weighted by Gasteiger charge is -2.48. The Balaban J connectivity index is 1.59. The molecule has 4 rings (SSSR count). The second kappa shape index (κ2) is 6.57. The molecule has 1 spiro atoms. The van der Waals surface area contributed by atoms with Crippen molar-refractivity contribution in [2.45, 2.75) is 25.4 Å². The smallest absolute Gasteiger partial charge is 0.246 e. The Hall–Kier alpha value is -2.67. The minimum absolute atomic E-state index is 0.0518. The Labute approximate surface area is 152 Å². The number of rotatable bonds is 3. The summed E-state index contributed by atoms with van der Waals surface area (Å²) in [7, 11) is 0. The number of furan rings is 1. The lowest BCUT2D eigenvalue weighted by molar-refractivity contribution is -0.142. The molecule has 0 radical (unpaired) electrons. The highest BCUT2D eigenvalue weighted by atomic mass is 16.3. The molecule has 2 saturated heterocycles. The Kier molecular flexibility index (Phi) is 4.24. The number of anilines is 1. The van der Waals surface area contributed by atoms with Gasteiger partial charge >= 0.3 is 0 Å². The summed E-state index contributed by atoms with van der Waals surface area (Å²) in [5, 5.41) is 0. The molecule has 0 saturated carbocycles. The summed E-state index contributed by atoms with van der Waals surface area (Å²) in [6.45, 7) is 4.44. The van der Waals surface area contributed by atoms with Gasteiger partial charge in [0.15, 0.2) is 0 Å². The molecule has 136 valence electrons. The van der Waals surface area contributed by atoms with Crippen LogP contribution < -0.4 is 4.90 Å². The third-order valence-corrected chi connectivity index (χ3v) is 5.33. The molecular formula is C19H22N4O3. The highest BCUT2D eigenvalue weighted by Gasteiger charge is 2.50. The van der Waals surface area contributed by atoms with Crippen molar-refractivity contribution in [3.8, 4) is 0 Å². The van der Waals surface area contributed by atoms with Crippen LogP contribution in [0.25, 0.3) is 0 Å². The number of pyridine rings is 1. The van der Waals surface area contributed by atoms with Gasteiger partial charge in [-0.25, -0.2) is 0 Å². The third-order valence-electron chi connectivity index (χ3n) is 5.33. The molecule has 1 atom stereocenters. The van der Waals surface area contributed by atoms with Crippen LogP contribution in [-0.2, 0) is 16.1 Å². The van der Waals surface area contributed by atoms with Gasteiger partial charge < -0.3 is 14.2 Å². The predicted octanol–water partition coefficient (Wildman–Crippen LogP) is 1.51. The summed E-state index contributed by atoms with van der Waals surface area (Å²) in [6, 6.07) is 7.55. The number of hydrogen-bond donors (Lipinski definition) is 0. The quantitative estimate of drug-likeness (QED) is 0.836. The van der Waals surface area contributed by atoms with Gasteiger partial charge in [-0.15, -0.1) is 0 Å². The van der Waals surface area contributed by atoms with Crippen LogP contribution in [-0.4, -0.2) is 58.3 Å². The average molecular weight is 354 g/mol. The summed E-state index contributed by atoms with van der Waals surface area (Å²) < 4.78 is 5.46. The predicted molar refractivity (Wildman–Crippen MR) is 95.3 cm³/mol. The summed E-state index contributed by atoms with van der Waals surface area (Å²) in [6.07, 6.45) is 5.89. The lowest BCUT2D eigenvalue weighted by atomic mass is 9.92. The lowest BCUT2D eigenvalue weighted by Crippen LogP contribution is -2.66. The molecule has 2 aliphatic rings. The number of likely N-dealkylation sites (tertiary alicyclic amines) is 1. The summed E-state index contributed by atoms with van der Waals surface area (Å²) in [5.41, 5.74) is 0.409. The normalized spacial score (nSPS) is 23.8. The fourth-order valence-corrected chi connectivity index (χ4v) is 4.10. The van der Waals surface area contributed by atoms with Crippen molar-refractivity contribution in [2.24, 2.45) is 0 Å². The van der Waals surface area contributed by atoms with Gasteiger partial charge in [0, 0.05) is 26.2 Å². The van der Waals surface area contributed by atoms with Gasteiger partial charge in [0.2, 0.25) is 11.8 Å². The van der Waals surface area contributed by atoms with E-state index in [1.807, 2.05) is 24.3 Å². The Morgan fingerprint density at radius 3 is 2.88 bits per heavy atom. The number of carbonyl (C=O) groups is 2. The van der Waals surface area contributed by atoms with Crippen LogP contribution in [0.5, 0.6) is 0 Å². The van der Waals surface area contributed by atoms with E-state index in [1.54, 1.807) is 35.4 Å². The number of carbonyl (C=O) groups excluding carboxylic acids is 2. The molecule has 0 bridgehead atoms. The average Bonchev–Trinajstić information content (AvgIpc) is 3.28. The maximum absolute atomic E-state index is 12.7. The van der Waals surface area contributed by atoms with Crippen molar-refractivity contribution in [1.29, 1.82) is 0 Å². The molecular weight excluding hydrogens is 332 g/mol. The minimum atomic E-state index is -0.373. The van der Waals surface area contributed by atoms with Crippen LogP contribution in [0.4, 0.5) is 5.69 Å². The molecule has 2 aromatic rings. The van der Waals surface area contributed by atoms with Gasteiger partial charge in [0.25, 0.3) is 0 Å². The molecule has 2 aliphatic heterocycles. The van der Waals surface area contributed by atoms with E-state index in [4.69, 9.17) is 4.42 Å². The number of hydrogen-bond acceptors (Lipinski definition) is 5. The van der Waals surface area contributed by atoms with E-state index >= 15 is 0 Å². The summed E-state index contributed by atoms with van der Waals surface area (Å²) in [5.74, 6) is 0.791. The number of piperazine rings is 1. The number of aromatic nitrogens is 1. The van der Waals surface area contributed by atoms with E-state index in [2.05, 4.69) is 9.88 Å². The van der Waals surface area contributed by atoms with Crippen LogP contribution >= 0.6 is 0 Å². The van der Waals surface area contributed by atoms with E-state index in [1.165, 1.54) is 0 Å². The number of nitrogens with zero attached hydrogens (tertiary/aromatic N) is 4. The van der Waals surface area contributed by atoms with Crippen molar-refractivity contribution in [2.75, 3.05) is 31.1 Å². The first kappa shape index (κ1) is 16.8. The van der Waals surface area contributed by atoms with Crippen molar-refractivity contribution in [3.05, 3.63) is 48.7 Å². The van der Waals surface area contributed by atoms with Gasteiger partial charge in [0.1, 0.15) is 12.3 Å². The maximum atomic E-state index is 12.7. The zero-order valence-corrected chi connectivity index (χ0v) is 14.8. The second-order valence-electron chi connectivity index (χ2n) is 7.06. The van der Waals surface area contributed by atoms with Crippen LogP contribution in [0.3, 0.4) is 0 Å².